The summed E-state index contributed by atoms with van der Waals surface area (Å²) in [6, 6.07) is 11.0. The number of hydrogen-bond acceptors (Lipinski definition) is 3. The van der Waals surface area contributed by atoms with Crippen LogP contribution in [0, 0.1) is 0 Å². The van der Waals surface area contributed by atoms with Crippen LogP contribution in [0.15, 0.2) is 35.5 Å². The molecule has 3 rings (SSSR count). The maximum absolute atomic E-state index is 5.84. The Kier molecular flexibility index (Phi) is 3.31. The molecule has 0 radical (unpaired) electrons. The molecule has 19 heavy (non-hydrogen) atoms. The highest BCUT2D eigenvalue weighted by Gasteiger charge is 2.42. The largest absolute Gasteiger partial charge is 0.388 e. The third-order valence-corrected chi connectivity index (χ3v) is 4.39. The third-order valence-electron chi connectivity index (χ3n) is 4.39. The molecule has 0 aromatic heterocycles. The third kappa shape index (κ3) is 2.52. The first-order chi connectivity index (χ1) is 9.19. The number of piperidine rings is 1. The van der Waals surface area contributed by atoms with E-state index in [9.17, 15) is 0 Å². The van der Waals surface area contributed by atoms with Crippen LogP contribution in [0.25, 0.3) is 0 Å². The molecule has 2 heterocycles. The normalized spacial score (nSPS) is 22.6. The fourth-order valence-electron chi connectivity index (χ4n) is 3.02. The van der Waals surface area contributed by atoms with Crippen molar-refractivity contribution in [3.05, 3.63) is 35.9 Å². The van der Waals surface area contributed by atoms with Gasteiger partial charge < -0.3 is 9.74 Å². The van der Waals surface area contributed by atoms with Gasteiger partial charge in [-0.25, -0.2) is 0 Å². The predicted octanol–water partition coefficient (Wildman–Crippen LogP) is 3.05. The van der Waals surface area contributed by atoms with Crippen LogP contribution in [-0.4, -0.2) is 35.3 Å². The van der Waals surface area contributed by atoms with Gasteiger partial charge in [-0.1, -0.05) is 35.5 Å². The molecule has 0 unspecified atom stereocenters. The smallest absolute Gasteiger partial charge is 0.145 e. The SMILES string of the molecule is CC(C)N1CCC2(CC1)CC(c1ccccc1)=NO2. The summed E-state index contributed by atoms with van der Waals surface area (Å²) >= 11 is 0. The average Bonchev–Trinajstić information content (AvgIpc) is 2.84. The summed E-state index contributed by atoms with van der Waals surface area (Å²) in [6.07, 6.45) is 3.14. The molecule has 102 valence electrons. The van der Waals surface area contributed by atoms with Gasteiger partial charge in [0.15, 0.2) is 0 Å². The minimum absolute atomic E-state index is 0.0312. The molecule has 1 saturated heterocycles. The molecule has 0 atom stereocenters. The molecule has 2 aliphatic rings. The lowest BCUT2D eigenvalue weighted by atomic mass is 9.85. The summed E-state index contributed by atoms with van der Waals surface area (Å²) in [7, 11) is 0. The van der Waals surface area contributed by atoms with Crippen LogP contribution in [0.1, 0.15) is 38.7 Å². The molecule has 1 fully saturated rings. The minimum atomic E-state index is -0.0312. The quantitative estimate of drug-likeness (QED) is 0.814. The molecule has 1 aromatic carbocycles. The summed E-state index contributed by atoms with van der Waals surface area (Å²) in [4.78, 5) is 8.36. The number of hydrogen-bond donors (Lipinski definition) is 0. The maximum atomic E-state index is 5.84. The fourth-order valence-corrected chi connectivity index (χ4v) is 3.02. The minimum Gasteiger partial charge on any atom is -0.388 e. The number of nitrogens with zero attached hydrogens (tertiary/aromatic N) is 2. The van der Waals surface area contributed by atoms with Gasteiger partial charge in [0.05, 0.1) is 5.71 Å². The van der Waals surface area contributed by atoms with E-state index in [0.29, 0.717) is 6.04 Å². The van der Waals surface area contributed by atoms with Crippen molar-refractivity contribution in [3.8, 4) is 0 Å². The lowest BCUT2D eigenvalue weighted by Crippen LogP contribution is -2.46. The Labute approximate surface area is 115 Å². The summed E-state index contributed by atoms with van der Waals surface area (Å²) in [6.45, 7) is 6.77. The van der Waals surface area contributed by atoms with Crippen LogP contribution in [0.2, 0.25) is 0 Å². The van der Waals surface area contributed by atoms with Crippen LogP contribution in [-0.2, 0) is 4.84 Å². The van der Waals surface area contributed by atoms with Crippen LogP contribution in [0.3, 0.4) is 0 Å². The number of benzene rings is 1. The Bertz CT molecular complexity index is 459. The van der Waals surface area contributed by atoms with Crippen molar-refractivity contribution in [2.75, 3.05) is 13.1 Å². The first kappa shape index (κ1) is 12.7. The predicted molar refractivity (Wildman–Crippen MR) is 77.4 cm³/mol. The lowest BCUT2D eigenvalue weighted by molar-refractivity contribution is -0.0656. The Morgan fingerprint density at radius 3 is 2.47 bits per heavy atom. The Morgan fingerprint density at radius 2 is 1.84 bits per heavy atom. The van der Waals surface area contributed by atoms with Crippen molar-refractivity contribution in [3.63, 3.8) is 0 Å². The van der Waals surface area contributed by atoms with Gasteiger partial charge in [0.1, 0.15) is 5.60 Å². The molecule has 0 N–H and O–H groups in total. The Balaban J connectivity index is 1.65. The van der Waals surface area contributed by atoms with E-state index >= 15 is 0 Å². The zero-order valence-electron chi connectivity index (χ0n) is 11.8. The van der Waals surface area contributed by atoms with Gasteiger partial charge in [0, 0.05) is 38.4 Å². The van der Waals surface area contributed by atoms with Gasteiger partial charge in [-0.15, -0.1) is 0 Å². The fraction of sp³-hybridized carbons (Fsp3) is 0.562. The molecular formula is C16H22N2O. The first-order valence-electron chi connectivity index (χ1n) is 7.23. The van der Waals surface area contributed by atoms with E-state index in [4.69, 9.17) is 4.84 Å². The lowest BCUT2D eigenvalue weighted by Gasteiger charge is -2.39. The summed E-state index contributed by atoms with van der Waals surface area (Å²) in [5.74, 6) is 0. The van der Waals surface area contributed by atoms with E-state index in [1.54, 1.807) is 0 Å². The molecule has 2 aliphatic heterocycles. The molecule has 1 aromatic rings. The van der Waals surface area contributed by atoms with E-state index in [1.165, 1.54) is 5.56 Å². The maximum Gasteiger partial charge on any atom is 0.145 e. The van der Waals surface area contributed by atoms with Crippen LogP contribution < -0.4 is 0 Å². The number of rotatable bonds is 2. The molecule has 0 aliphatic carbocycles. The van der Waals surface area contributed by atoms with Crippen molar-refractivity contribution in [1.29, 1.82) is 0 Å². The zero-order valence-corrected chi connectivity index (χ0v) is 11.8. The summed E-state index contributed by atoms with van der Waals surface area (Å²) in [5.41, 5.74) is 2.28. The van der Waals surface area contributed by atoms with Crippen molar-refractivity contribution >= 4 is 5.71 Å². The molecule has 0 saturated carbocycles. The van der Waals surface area contributed by atoms with E-state index < -0.39 is 0 Å². The molecule has 0 bridgehead atoms. The van der Waals surface area contributed by atoms with Gasteiger partial charge in [-0.2, -0.15) is 0 Å². The van der Waals surface area contributed by atoms with Crippen molar-refractivity contribution in [2.45, 2.75) is 44.8 Å². The van der Waals surface area contributed by atoms with Gasteiger partial charge in [0.2, 0.25) is 0 Å². The average molecular weight is 258 g/mol. The van der Waals surface area contributed by atoms with Gasteiger partial charge in [-0.3, -0.25) is 0 Å². The van der Waals surface area contributed by atoms with Crippen molar-refractivity contribution < 1.29 is 4.84 Å². The molecule has 3 heteroatoms. The Hall–Kier alpha value is -1.35. The number of likely N-dealkylation sites (tertiary alicyclic amines) is 1. The van der Waals surface area contributed by atoms with Crippen LogP contribution >= 0.6 is 0 Å². The number of oxime groups is 1. The van der Waals surface area contributed by atoms with Crippen LogP contribution in [0.4, 0.5) is 0 Å². The van der Waals surface area contributed by atoms with E-state index in [0.717, 1.165) is 38.1 Å². The molecular weight excluding hydrogens is 236 g/mol. The van der Waals surface area contributed by atoms with Crippen molar-refractivity contribution in [1.82, 2.24) is 4.90 Å². The first-order valence-corrected chi connectivity index (χ1v) is 7.23. The van der Waals surface area contributed by atoms with E-state index in [1.807, 2.05) is 6.07 Å². The standard InChI is InChI=1S/C16H22N2O/c1-13(2)18-10-8-16(9-11-18)12-15(17-19-16)14-6-4-3-5-7-14/h3-7,13H,8-12H2,1-2H3. The van der Waals surface area contributed by atoms with E-state index in [-0.39, 0.29) is 5.60 Å². The molecule has 3 nitrogen and oxygen atoms in total. The zero-order chi connectivity index (χ0) is 13.3. The van der Waals surface area contributed by atoms with Crippen molar-refractivity contribution in [2.24, 2.45) is 5.16 Å². The highest BCUT2D eigenvalue weighted by molar-refractivity contribution is 6.01. The molecule has 0 amide bonds. The van der Waals surface area contributed by atoms with E-state index in [2.05, 4.69) is 48.2 Å². The molecule has 1 spiro atoms. The summed E-state index contributed by atoms with van der Waals surface area (Å²) < 4.78 is 0. The van der Waals surface area contributed by atoms with Gasteiger partial charge in [0.25, 0.3) is 0 Å². The highest BCUT2D eigenvalue weighted by atomic mass is 16.7. The second-order valence-electron chi connectivity index (χ2n) is 5.98. The van der Waals surface area contributed by atoms with Gasteiger partial charge >= 0.3 is 0 Å². The van der Waals surface area contributed by atoms with Gasteiger partial charge in [-0.05, 0) is 19.4 Å². The highest BCUT2D eigenvalue weighted by Crippen LogP contribution is 2.36. The second-order valence-corrected chi connectivity index (χ2v) is 5.98. The van der Waals surface area contributed by atoms with Crippen LogP contribution in [0.5, 0.6) is 0 Å². The Morgan fingerprint density at radius 1 is 1.16 bits per heavy atom. The monoisotopic (exact) mass is 258 g/mol. The second kappa shape index (κ2) is 4.97. The summed E-state index contributed by atoms with van der Waals surface area (Å²) in [5, 5.41) is 4.35. The topological polar surface area (TPSA) is 24.8 Å².